The normalized spacial score (nSPS) is 15.4. The van der Waals surface area contributed by atoms with Gasteiger partial charge in [-0.15, -0.1) is 0 Å². The Bertz CT molecular complexity index is 555. The van der Waals surface area contributed by atoms with Crippen LogP contribution in [0.4, 0.5) is 11.6 Å². The van der Waals surface area contributed by atoms with Crippen molar-refractivity contribution >= 4 is 23.5 Å². The number of hydrogen-bond acceptors (Lipinski definition) is 6. The Hall–Kier alpha value is -2.18. The van der Waals surface area contributed by atoms with E-state index in [1.54, 1.807) is 4.90 Å². The largest absolute Gasteiger partial charge is 0.370 e. The van der Waals surface area contributed by atoms with E-state index in [4.69, 9.17) is 0 Å². The third-order valence-electron chi connectivity index (χ3n) is 3.25. The molecular weight excluding hydrogens is 270 g/mol. The molecule has 0 saturated carbocycles. The third-order valence-corrected chi connectivity index (χ3v) is 3.25. The Morgan fingerprint density at radius 2 is 1.86 bits per heavy atom. The molecule has 1 aromatic rings. The van der Waals surface area contributed by atoms with Gasteiger partial charge in [-0.25, -0.2) is 9.97 Å². The molecule has 2 rings (SSSR count). The second-order valence-corrected chi connectivity index (χ2v) is 5.39. The van der Waals surface area contributed by atoms with E-state index in [1.165, 1.54) is 0 Å². The zero-order chi connectivity index (χ0) is 15.6. The van der Waals surface area contributed by atoms with E-state index in [0.29, 0.717) is 11.6 Å². The lowest BCUT2D eigenvalue weighted by atomic mass is 10.2. The van der Waals surface area contributed by atoms with E-state index in [2.05, 4.69) is 20.6 Å². The molecule has 1 aliphatic rings. The van der Waals surface area contributed by atoms with Gasteiger partial charge < -0.3 is 10.2 Å². The first-order valence-electron chi connectivity index (χ1n) is 7.12. The van der Waals surface area contributed by atoms with E-state index in [-0.39, 0.29) is 30.8 Å². The number of hydrogen-bond donors (Lipinski definition) is 2. The number of rotatable bonds is 4. The molecule has 21 heavy (non-hydrogen) atoms. The molecule has 1 aliphatic heterocycles. The molecule has 7 heteroatoms. The maximum atomic E-state index is 11.6. The zero-order valence-corrected chi connectivity index (χ0v) is 12.9. The smallest absolute Gasteiger partial charge is 0.246 e. The lowest BCUT2D eigenvalue weighted by Crippen LogP contribution is -2.52. The average molecular weight is 291 g/mol. The topological polar surface area (TPSA) is 87.2 Å². The van der Waals surface area contributed by atoms with Gasteiger partial charge >= 0.3 is 0 Å². The number of nitrogens with zero attached hydrogens (tertiary/aromatic N) is 3. The summed E-state index contributed by atoms with van der Waals surface area (Å²) in [6, 6.07) is 0. The van der Waals surface area contributed by atoms with Crippen LogP contribution in [0.15, 0.2) is 0 Å². The summed E-state index contributed by atoms with van der Waals surface area (Å²) in [5, 5.41) is 5.51. The van der Waals surface area contributed by atoms with Crippen molar-refractivity contribution < 1.29 is 9.59 Å². The number of piperazine rings is 1. The molecule has 0 aliphatic carbocycles. The molecular formula is C14H21N5O2. The molecule has 0 spiro atoms. The highest BCUT2D eigenvalue weighted by atomic mass is 16.2. The molecule has 114 valence electrons. The summed E-state index contributed by atoms with van der Waals surface area (Å²) in [6.45, 7) is 8.92. The van der Waals surface area contributed by atoms with Crippen molar-refractivity contribution in [1.29, 1.82) is 0 Å². The Kier molecular flexibility index (Phi) is 4.40. The number of nitrogens with one attached hydrogen (secondary N) is 2. The van der Waals surface area contributed by atoms with Crippen molar-refractivity contribution in [2.75, 3.05) is 29.9 Å². The van der Waals surface area contributed by atoms with E-state index < -0.39 is 0 Å². The van der Waals surface area contributed by atoms with E-state index >= 15 is 0 Å². The van der Waals surface area contributed by atoms with E-state index in [1.807, 2.05) is 27.7 Å². The molecule has 0 bridgehead atoms. The predicted octanol–water partition coefficient (Wildman–Crippen LogP) is 0.803. The van der Waals surface area contributed by atoms with Gasteiger partial charge in [-0.2, -0.15) is 0 Å². The molecule has 0 unspecified atom stereocenters. The molecule has 0 aromatic carbocycles. The van der Waals surface area contributed by atoms with E-state index in [0.717, 1.165) is 17.9 Å². The highest BCUT2D eigenvalue weighted by molar-refractivity contribution is 6.02. The maximum absolute atomic E-state index is 11.6. The van der Waals surface area contributed by atoms with Crippen molar-refractivity contribution in [2.45, 2.75) is 33.6 Å². The Morgan fingerprint density at radius 1 is 1.24 bits per heavy atom. The molecule has 1 fully saturated rings. The fourth-order valence-corrected chi connectivity index (χ4v) is 2.21. The van der Waals surface area contributed by atoms with Crippen molar-refractivity contribution in [3.05, 3.63) is 11.4 Å². The van der Waals surface area contributed by atoms with Crippen LogP contribution in [0.2, 0.25) is 0 Å². The van der Waals surface area contributed by atoms with Gasteiger partial charge in [0.25, 0.3) is 0 Å². The average Bonchev–Trinajstić information content (AvgIpc) is 2.39. The Labute approximate surface area is 124 Å². The number of amides is 2. The van der Waals surface area contributed by atoms with Crippen LogP contribution in [-0.2, 0) is 9.59 Å². The number of imide groups is 1. The summed E-state index contributed by atoms with van der Waals surface area (Å²) < 4.78 is 0. The molecule has 1 saturated heterocycles. The molecule has 1 aromatic heterocycles. The molecule has 2 N–H and O–H groups in total. The Balaban J connectivity index is 2.45. The molecule has 0 atom stereocenters. The number of carbonyl (C=O) groups excluding carboxylic acids is 2. The monoisotopic (exact) mass is 291 g/mol. The maximum Gasteiger partial charge on any atom is 0.246 e. The minimum absolute atomic E-state index is 0.132. The standard InChI is InChI=1S/C14H21N5O2/c1-5-15-13-9(4)14(18-12(17-13)8(2)3)19-6-10(20)16-11(21)7-19/h8H,5-7H2,1-4H3,(H,15,17,18)(H,16,20,21). The number of anilines is 2. The SMILES string of the molecule is CCNc1nc(C(C)C)nc(N2CC(=O)NC(=O)C2)c1C. The zero-order valence-electron chi connectivity index (χ0n) is 12.9. The first-order valence-corrected chi connectivity index (χ1v) is 7.12. The number of aromatic nitrogens is 2. The summed E-state index contributed by atoms with van der Waals surface area (Å²) >= 11 is 0. The molecule has 7 nitrogen and oxygen atoms in total. The minimum atomic E-state index is -0.305. The van der Waals surface area contributed by atoms with Gasteiger partial charge in [0.15, 0.2) is 0 Å². The van der Waals surface area contributed by atoms with Crippen molar-refractivity contribution in [3.8, 4) is 0 Å². The van der Waals surface area contributed by atoms with Gasteiger partial charge in [-0.05, 0) is 13.8 Å². The van der Waals surface area contributed by atoms with Crippen LogP contribution >= 0.6 is 0 Å². The van der Waals surface area contributed by atoms with Crippen LogP contribution in [0.1, 0.15) is 38.1 Å². The van der Waals surface area contributed by atoms with Gasteiger partial charge in [0.1, 0.15) is 17.5 Å². The highest BCUT2D eigenvalue weighted by Gasteiger charge is 2.26. The van der Waals surface area contributed by atoms with Gasteiger partial charge in [-0.3, -0.25) is 14.9 Å². The van der Waals surface area contributed by atoms with E-state index in [9.17, 15) is 9.59 Å². The van der Waals surface area contributed by atoms with Crippen LogP contribution < -0.4 is 15.5 Å². The van der Waals surface area contributed by atoms with Gasteiger partial charge in [0.2, 0.25) is 11.8 Å². The van der Waals surface area contributed by atoms with Crippen LogP contribution in [0, 0.1) is 6.92 Å². The van der Waals surface area contributed by atoms with Crippen LogP contribution in [-0.4, -0.2) is 41.4 Å². The van der Waals surface area contributed by atoms with Gasteiger partial charge in [-0.1, -0.05) is 13.8 Å². The van der Waals surface area contributed by atoms with Crippen LogP contribution in [0.5, 0.6) is 0 Å². The first-order chi connectivity index (χ1) is 9.92. The van der Waals surface area contributed by atoms with Crippen molar-refractivity contribution in [3.63, 3.8) is 0 Å². The van der Waals surface area contributed by atoms with Crippen molar-refractivity contribution in [2.24, 2.45) is 0 Å². The lowest BCUT2D eigenvalue weighted by molar-refractivity contribution is -0.130. The lowest BCUT2D eigenvalue weighted by Gasteiger charge is -2.28. The second-order valence-electron chi connectivity index (χ2n) is 5.39. The molecule has 0 radical (unpaired) electrons. The molecule has 2 heterocycles. The summed E-state index contributed by atoms with van der Waals surface area (Å²) in [6.07, 6.45) is 0. The molecule has 2 amide bonds. The second kappa shape index (κ2) is 6.07. The first kappa shape index (κ1) is 15.2. The highest BCUT2D eigenvalue weighted by Crippen LogP contribution is 2.26. The summed E-state index contributed by atoms with van der Waals surface area (Å²) in [4.78, 5) is 33.9. The predicted molar refractivity (Wildman–Crippen MR) is 80.4 cm³/mol. The fraction of sp³-hybridized carbons (Fsp3) is 0.571. The van der Waals surface area contributed by atoms with Gasteiger partial charge in [0, 0.05) is 18.0 Å². The third kappa shape index (κ3) is 3.29. The van der Waals surface area contributed by atoms with Crippen LogP contribution in [0.3, 0.4) is 0 Å². The Morgan fingerprint density at radius 3 is 2.38 bits per heavy atom. The van der Waals surface area contributed by atoms with Crippen molar-refractivity contribution in [1.82, 2.24) is 15.3 Å². The quantitative estimate of drug-likeness (QED) is 0.798. The summed E-state index contributed by atoms with van der Waals surface area (Å²) in [5.74, 6) is 1.65. The number of carbonyl (C=O) groups is 2. The minimum Gasteiger partial charge on any atom is -0.370 e. The van der Waals surface area contributed by atoms with Gasteiger partial charge in [0.05, 0.1) is 13.1 Å². The summed E-state index contributed by atoms with van der Waals surface area (Å²) in [5.41, 5.74) is 0.851. The summed E-state index contributed by atoms with van der Waals surface area (Å²) in [7, 11) is 0. The fourth-order valence-electron chi connectivity index (χ4n) is 2.21. The van der Waals surface area contributed by atoms with Crippen LogP contribution in [0.25, 0.3) is 0 Å².